The third-order valence-electron chi connectivity index (χ3n) is 5.52. The second-order valence-electron chi connectivity index (χ2n) is 7.52. The highest BCUT2D eigenvalue weighted by Gasteiger charge is 2.31. The average Bonchev–Trinajstić information content (AvgIpc) is 2.52. The van der Waals surface area contributed by atoms with Crippen molar-refractivity contribution in [1.29, 1.82) is 0 Å². The summed E-state index contributed by atoms with van der Waals surface area (Å²) in [5.41, 5.74) is 0. The molecule has 0 aromatic heterocycles. The van der Waals surface area contributed by atoms with Crippen LogP contribution in [0.1, 0.15) is 71.1 Å². The third-order valence-corrected chi connectivity index (χ3v) is 9.27. The normalized spacial score (nSPS) is 28.5. The zero-order chi connectivity index (χ0) is 16.4. The molecule has 0 aromatic carbocycles. The SMILES string of the molecule is CCCCCCCC[Si](C)(CCC1CCC(O)C(O)C1)OC. The van der Waals surface area contributed by atoms with Crippen LogP contribution in [0.5, 0.6) is 0 Å². The molecule has 0 heterocycles. The van der Waals surface area contributed by atoms with E-state index in [2.05, 4.69) is 13.5 Å². The van der Waals surface area contributed by atoms with Crippen LogP contribution in [0.4, 0.5) is 0 Å². The van der Waals surface area contributed by atoms with Crippen molar-refractivity contribution in [3.8, 4) is 0 Å². The van der Waals surface area contributed by atoms with E-state index in [1.807, 2.05) is 7.11 Å². The van der Waals surface area contributed by atoms with Gasteiger partial charge in [-0.05, 0) is 43.8 Å². The van der Waals surface area contributed by atoms with E-state index >= 15 is 0 Å². The second-order valence-corrected chi connectivity index (χ2v) is 11.8. The predicted octanol–water partition coefficient (Wildman–Crippen LogP) is 4.48. The molecule has 22 heavy (non-hydrogen) atoms. The number of aliphatic hydroxyl groups is 2. The second kappa shape index (κ2) is 10.8. The highest BCUT2D eigenvalue weighted by atomic mass is 28.4. The number of aliphatic hydroxyl groups excluding tert-OH is 2. The first-order valence-electron chi connectivity index (χ1n) is 9.42. The number of rotatable bonds is 11. The molecule has 132 valence electrons. The molecule has 0 amide bonds. The summed E-state index contributed by atoms with van der Waals surface area (Å²) in [5, 5.41) is 19.4. The highest BCUT2D eigenvalue weighted by Crippen LogP contribution is 2.32. The Morgan fingerprint density at radius 3 is 2.27 bits per heavy atom. The van der Waals surface area contributed by atoms with Crippen LogP contribution in [-0.2, 0) is 4.43 Å². The first-order chi connectivity index (χ1) is 10.5. The summed E-state index contributed by atoms with van der Waals surface area (Å²) >= 11 is 0. The molecule has 3 nitrogen and oxygen atoms in total. The van der Waals surface area contributed by atoms with Gasteiger partial charge in [-0.1, -0.05) is 51.9 Å². The van der Waals surface area contributed by atoms with Gasteiger partial charge in [0, 0.05) is 7.11 Å². The maximum absolute atomic E-state index is 9.81. The largest absolute Gasteiger partial charge is 0.420 e. The van der Waals surface area contributed by atoms with Gasteiger partial charge in [0.15, 0.2) is 8.32 Å². The van der Waals surface area contributed by atoms with Crippen molar-refractivity contribution in [2.24, 2.45) is 5.92 Å². The third kappa shape index (κ3) is 7.58. The van der Waals surface area contributed by atoms with Crippen molar-refractivity contribution < 1.29 is 14.6 Å². The van der Waals surface area contributed by atoms with Crippen LogP contribution in [0, 0.1) is 5.92 Å². The van der Waals surface area contributed by atoms with E-state index in [4.69, 9.17) is 4.43 Å². The zero-order valence-electron chi connectivity index (χ0n) is 15.0. The Labute approximate surface area is 138 Å². The van der Waals surface area contributed by atoms with Gasteiger partial charge in [-0.2, -0.15) is 0 Å². The Morgan fingerprint density at radius 2 is 1.64 bits per heavy atom. The van der Waals surface area contributed by atoms with Crippen molar-refractivity contribution in [1.82, 2.24) is 0 Å². The monoisotopic (exact) mass is 330 g/mol. The van der Waals surface area contributed by atoms with E-state index < -0.39 is 20.5 Å². The smallest absolute Gasteiger partial charge is 0.189 e. The molecule has 4 atom stereocenters. The molecular formula is C18H38O3Si. The molecule has 2 N–H and O–H groups in total. The Bertz CT molecular complexity index is 288. The van der Waals surface area contributed by atoms with Crippen molar-refractivity contribution in [3.05, 3.63) is 0 Å². The molecule has 1 aliphatic rings. The molecule has 0 aliphatic heterocycles. The van der Waals surface area contributed by atoms with Crippen LogP contribution in [0.15, 0.2) is 0 Å². The molecule has 0 radical (unpaired) electrons. The Morgan fingerprint density at radius 1 is 0.955 bits per heavy atom. The summed E-state index contributed by atoms with van der Waals surface area (Å²) in [4.78, 5) is 0. The molecule has 4 heteroatoms. The van der Waals surface area contributed by atoms with E-state index in [1.54, 1.807) is 0 Å². The molecule has 0 bridgehead atoms. The Balaban J connectivity index is 2.21. The molecule has 0 aromatic rings. The molecule has 1 fully saturated rings. The topological polar surface area (TPSA) is 49.7 Å². The fourth-order valence-corrected chi connectivity index (χ4v) is 6.27. The van der Waals surface area contributed by atoms with Crippen LogP contribution in [-0.4, -0.2) is 37.8 Å². The van der Waals surface area contributed by atoms with Gasteiger partial charge < -0.3 is 14.6 Å². The minimum Gasteiger partial charge on any atom is -0.420 e. The minimum atomic E-state index is -1.56. The van der Waals surface area contributed by atoms with Gasteiger partial charge in [0.1, 0.15) is 0 Å². The lowest BCUT2D eigenvalue weighted by Crippen LogP contribution is -2.36. The summed E-state index contributed by atoms with van der Waals surface area (Å²) in [6, 6.07) is 2.47. The lowest BCUT2D eigenvalue weighted by molar-refractivity contribution is -0.0259. The van der Waals surface area contributed by atoms with Gasteiger partial charge in [0.05, 0.1) is 12.2 Å². The lowest BCUT2D eigenvalue weighted by atomic mass is 9.84. The van der Waals surface area contributed by atoms with Crippen molar-refractivity contribution in [2.45, 2.75) is 102 Å². The van der Waals surface area contributed by atoms with Gasteiger partial charge in [-0.3, -0.25) is 0 Å². The standard InChI is InChI=1S/C18H38O3Si/c1-4-5-6-7-8-9-13-22(3,21-2)14-12-16-10-11-17(19)18(20)15-16/h16-20H,4-15H2,1-3H3. The molecular weight excluding hydrogens is 292 g/mol. The van der Waals surface area contributed by atoms with Gasteiger partial charge in [-0.15, -0.1) is 0 Å². The van der Waals surface area contributed by atoms with Crippen LogP contribution in [0.2, 0.25) is 18.6 Å². The molecule has 1 saturated carbocycles. The maximum atomic E-state index is 9.81. The average molecular weight is 331 g/mol. The summed E-state index contributed by atoms with van der Waals surface area (Å²) in [5.74, 6) is 0.574. The maximum Gasteiger partial charge on any atom is 0.189 e. The molecule has 0 saturated heterocycles. The van der Waals surface area contributed by atoms with Crippen molar-refractivity contribution in [3.63, 3.8) is 0 Å². The first kappa shape index (κ1) is 20.1. The van der Waals surface area contributed by atoms with E-state index in [0.29, 0.717) is 5.92 Å². The van der Waals surface area contributed by atoms with E-state index in [-0.39, 0.29) is 0 Å². The molecule has 1 rings (SSSR count). The van der Waals surface area contributed by atoms with Gasteiger partial charge in [0.25, 0.3) is 0 Å². The van der Waals surface area contributed by atoms with Crippen molar-refractivity contribution in [2.75, 3.05) is 7.11 Å². The van der Waals surface area contributed by atoms with Gasteiger partial charge in [0.2, 0.25) is 0 Å². The number of unbranched alkanes of at least 4 members (excludes halogenated alkanes) is 5. The van der Waals surface area contributed by atoms with Gasteiger partial charge in [-0.25, -0.2) is 0 Å². The number of hydrogen-bond acceptors (Lipinski definition) is 3. The molecule has 1 aliphatic carbocycles. The summed E-state index contributed by atoms with van der Waals surface area (Å²) in [6.07, 6.45) is 10.8. The van der Waals surface area contributed by atoms with Crippen LogP contribution in [0.25, 0.3) is 0 Å². The molecule has 4 unspecified atom stereocenters. The lowest BCUT2D eigenvalue weighted by Gasteiger charge is -2.32. The van der Waals surface area contributed by atoms with E-state index in [9.17, 15) is 10.2 Å². The molecule has 0 spiro atoms. The summed E-state index contributed by atoms with van der Waals surface area (Å²) in [6.45, 7) is 4.63. The fraction of sp³-hybridized carbons (Fsp3) is 1.00. The van der Waals surface area contributed by atoms with Crippen LogP contribution in [0.3, 0.4) is 0 Å². The predicted molar refractivity (Wildman–Crippen MR) is 95.6 cm³/mol. The summed E-state index contributed by atoms with van der Waals surface area (Å²) < 4.78 is 5.93. The van der Waals surface area contributed by atoms with Crippen LogP contribution >= 0.6 is 0 Å². The Kier molecular flexibility index (Phi) is 9.88. The van der Waals surface area contributed by atoms with Crippen molar-refractivity contribution >= 4 is 8.32 Å². The van der Waals surface area contributed by atoms with E-state index in [1.165, 1.54) is 50.6 Å². The first-order valence-corrected chi connectivity index (χ1v) is 12.2. The highest BCUT2D eigenvalue weighted by molar-refractivity contribution is 6.72. The van der Waals surface area contributed by atoms with E-state index in [0.717, 1.165) is 25.7 Å². The fourth-order valence-electron chi connectivity index (χ4n) is 3.60. The van der Waals surface area contributed by atoms with Gasteiger partial charge >= 0.3 is 0 Å². The summed E-state index contributed by atoms with van der Waals surface area (Å²) in [7, 11) is 0.333. The zero-order valence-corrected chi connectivity index (χ0v) is 16.0. The van der Waals surface area contributed by atoms with Crippen LogP contribution < -0.4 is 0 Å². The Hall–Kier alpha value is 0.0969. The number of hydrogen-bond donors (Lipinski definition) is 2. The minimum absolute atomic E-state index is 0.495. The quantitative estimate of drug-likeness (QED) is 0.434.